The Labute approximate surface area is 64.4 Å². The van der Waals surface area contributed by atoms with E-state index in [1.807, 2.05) is 18.2 Å². The van der Waals surface area contributed by atoms with Crippen LogP contribution in [0, 0.1) is 0 Å². The van der Waals surface area contributed by atoms with Gasteiger partial charge in [0.2, 0.25) is 6.08 Å². The lowest BCUT2D eigenvalue weighted by atomic mass is 10.3. The van der Waals surface area contributed by atoms with Crippen LogP contribution < -0.4 is 0 Å². The summed E-state index contributed by atoms with van der Waals surface area (Å²) in [6.07, 6.45) is 1.46. The molecule has 1 aromatic rings. The highest BCUT2D eigenvalue weighted by Crippen LogP contribution is 2.06. The third-order valence-corrected chi connectivity index (χ3v) is 0.931. The third-order valence-electron chi connectivity index (χ3n) is 0.931. The van der Waals surface area contributed by atoms with E-state index in [0.29, 0.717) is 12.9 Å². The normalized spacial score (nSPS) is 7.09. The summed E-state index contributed by atoms with van der Waals surface area (Å²) < 4.78 is 9.50. The van der Waals surface area contributed by atoms with Crippen molar-refractivity contribution in [2.24, 2.45) is 4.99 Å². The van der Waals surface area contributed by atoms with E-state index >= 15 is 0 Å². The smallest absolute Gasteiger partial charge is 0.240 e. The van der Waals surface area contributed by atoms with Crippen LogP contribution in [0.15, 0.2) is 35.3 Å². The Bertz CT molecular complexity index is 229. The molecule has 0 amide bonds. The Morgan fingerprint density at radius 2 is 1.82 bits per heavy atom. The topological polar surface area (TPSA) is 29.4 Å². The second-order valence-electron chi connectivity index (χ2n) is 1.54. The summed E-state index contributed by atoms with van der Waals surface area (Å²) in [7, 11) is 0.500. The number of carbonyl (C=O) groups excluding carboxylic acids is 1. The highest BCUT2D eigenvalue weighted by molar-refractivity contribution is 5.47. The van der Waals surface area contributed by atoms with Crippen LogP contribution in [0.2, 0.25) is 0 Å². The summed E-state index contributed by atoms with van der Waals surface area (Å²) in [5.74, 6) is 0. The lowest BCUT2D eigenvalue weighted by molar-refractivity contribution is 0.565. The number of alkyl halides is 1. The highest BCUT2D eigenvalue weighted by Gasteiger charge is 1.79. The number of hydrogen-bond acceptors (Lipinski definition) is 2. The van der Waals surface area contributed by atoms with E-state index in [1.54, 1.807) is 12.1 Å². The van der Waals surface area contributed by atoms with Gasteiger partial charge < -0.3 is 0 Å². The number of hydrogen-bond donors (Lipinski definition) is 0. The van der Waals surface area contributed by atoms with Crippen LogP contribution in [0.4, 0.5) is 10.1 Å². The molecule has 58 valence electrons. The molecule has 0 N–H and O–H groups in total. The molecule has 0 saturated carbocycles. The van der Waals surface area contributed by atoms with E-state index in [0.717, 1.165) is 0 Å². The van der Waals surface area contributed by atoms with E-state index in [-0.39, 0.29) is 0 Å². The fourth-order valence-electron chi connectivity index (χ4n) is 0.555. The van der Waals surface area contributed by atoms with Gasteiger partial charge in [0.15, 0.2) is 0 Å². The minimum atomic E-state index is 0.500. The zero-order valence-electron chi connectivity index (χ0n) is 6.12. The molecule has 0 aromatic heterocycles. The molecule has 0 aliphatic rings. The first-order valence-corrected chi connectivity index (χ1v) is 2.94. The van der Waals surface area contributed by atoms with E-state index in [2.05, 4.69) is 4.99 Å². The van der Waals surface area contributed by atoms with Gasteiger partial charge in [-0.2, -0.15) is 4.99 Å². The summed E-state index contributed by atoms with van der Waals surface area (Å²) in [5, 5.41) is 0. The Morgan fingerprint density at radius 3 is 2.27 bits per heavy atom. The highest BCUT2D eigenvalue weighted by atomic mass is 19.1. The monoisotopic (exact) mass is 153 g/mol. The first-order chi connectivity index (χ1) is 5.43. The van der Waals surface area contributed by atoms with Gasteiger partial charge in [-0.3, -0.25) is 4.39 Å². The molecule has 0 heterocycles. The van der Waals surface area contributed by atoms with Crippen molar-refractivity contribution in [2.45, 2.75) is 0 Å². The predicted molar refractivity (Wildman–Crippen MR) is 41.3 cm³/mol. The number of nitrogens with zero attached hydrogens (tertiary/aromatic N) is 1. The molecule has 0 spiro atoms. The number of rotatable bonds is 1. The van der Waals surface area contributed by atoms with Crippen molar-refractivity contribution < 1.29 is 9.18 Å². The summed E-state index contributed by atoms with van der Waals surface area (Å²) >= 11 is 0. The van der Waals surface area contributed by atoms with E-state index < -0.39 is 0 Å². The first-order valence-electron chi connectivity index (χ1n) is 2.94. The molecule has 2 nitrogen and oxygen atoms in total. The summed E-state index contributed by atoms with van der Waals surface area (Å²) in [6.45, 7) is 0. The quantitative estimate of drug-likeness (QED) is 0.449. The fourth-order valence-corrected chi connectivity index (χ4v) is 0.555. The van der Waals surface area contributed by atoms with Crippen molar-refractivity contribution in [2.75, 3.05) is 7.18 Å². The van der Waals surface area contributed by atoms with Gasteiger partial charge in [-0.15, -0.1) is 0 Å². The summed E-state index contributed by atoms with van der Waals surface area (Å²) in [4.78, 5) is 13.1. The van der Waals surface area contributed by atoms with Crippen molar-refractivity contribution in [3.05, 3.63) is 30.3 Å². The molecule has 0 aliphatic heterocycles. The molecule has 3 heteroatoms. The van der Waals surface area contributed by atoms with Crippen molar-refractivity contribution in [1.82, 2.24) is 0 Å². The fraction of sp³-hybridized carbons (Fsp3) is 0.125. The van der Waals surface area contributed by atoms with Crippen LogP contribution in [-0.4, -0.2) is 13.3 Å². The maximum Gasteiger partial charge on any atom is 0.240 e. The molecular weight excluding hydrogens is 145 g/mol. The summed E-state index contributed by atoms with van der Waals surface area (Å²) in [5.41, 5.74) is 0.646. The predicted octanol–water partition coefficient (Wildman–Crippen LogP) is 2.24. The second kappa shape index (κ2) is 6.65. The van der Waals surface area contributed by atoms with Crippen molar-refractivity contribution in [1.29, 1.82) is 0 Å². The van der Waals surface area contributed by atoms with Gasteiger partial charge in [-0.05, 0) is 12.1 Å². The molecule has 0 unspecified atom stereocenters. The number of para-hydroxylation sites is 1. The molecule has 0 aliphatic carbocycles. The number of halogens is 1. The Kier molecular flexibility index (Phi) is 5.76. The summed E-state index contributed by atoms with van der Waals surface area (Å²) in [6, 6.07) is 8.98. The standard InChI is InChI=1S/C7H5NO.CH3F/c9-6-8-7-4-2-1-3-5-7;1-2/h1-5H;1H3. The third kappa shape index (κ3) is 4.00. The van der Waals surface area contributed by atoms with Crippen LogP contribution in [0.3, 0.4) is 0 Å². The lowest BCUT2D eigenvalue weighted by Crippen LogP contribution is -1.59. The zero-order valence-corrected chi connectivity index (χ0v) is 6.12. The molecule has 0 fully saturated rings. The minimum Gasteiger partial charge on any atom is -0.255 e. The van der Waals surface area contributed by atoms with Crippen LogP contribution in [0.25, 0.3) is 0 Å². The Hall–Kier alpha value is -1.47. The van der Waals surface area contributed by atoms with Gasteiger partial charge >= 0.3 is 0 Å². The number of aliphatic imine (C=N–C) groups is 1. The first kappa shape index (κ1) is 9.53. The maximum absolute atomic E-state index is 9.68. The van der Waals surface area contributed by atoms with E-state index in [9.17, 15) is 9.18 Å². The Balaban J connectivity index is 0.000000461. The van der Waals surface area contributed by atoms with Gasteiger partial charge in [0.1, 0.15) is 0 Å². The molecule has 0 bridgehead atoms. The molecule has 11 heavy (non-hydrogen) atoms. The van der Waals surface area contributed by atoms with Gasteiger partial charge in [0.25, 0.3) is 0 Å². The van der Waals surface area contributed by atoms with Crippen molar-refractivity contribution >= 4 is 11.8 Å². The van der Waals surface area contributed by atoms with Gasteiger partial charge in [-0.25, -0.2) is 4.79 Å². The van der Waals surface area contributed by atoms with Gasteiger partial charge in [-0.1, -0.05) is 18.2 Å². The average Bonchev–Trinajstić information content (AvgIpc) is 2.11. The minimum absolute atomic E-state index is 0.500. The van der Waals surface area contributed by atoms with Gasteiger partial charge in [0, 0.05) is 0 Å². The van der Waals surface area contributed by atoms with Crippen LogP contribution in [-0.2, 0) is 4.79 Å². The molecule has 0 atom stereocenters. The average molecular weight is 153 g/mol. The lowest BCUT2D eigenvalue weighted by Gasteiger charge is -1.83. The SMILES string of the molecule is CF.O=C=Nc1ccccc1. The molecule has 1 aromatic carbocycles. The largest absolute Gasteiger partial charge is 0.255 e. The van der Waals surface area contributed by atoms with Crippen LogP contribution in [0.1, 0.15) is 0 Å². The van der Waals surface area contributed by atoms with Crippen molar-refractivity contribution in [3.63, 3.8) is 0 Å². The second-order valence-corrected chi connectivity index (χ2v) is 1.54. The van der Waals surface area contributed by atoms with Gasteiger partial charge in [0.05, 0.1) is 12.9 Å². The zero-order chi connectivity index (χ0) is 8.53. The molecule has 0 saturated heterocycles. The molecule has 0 radical (unpaired) electrons. The van der Waals surface area contributed by atoms with Crippen LogP contribution in [0.5, 0.6) is 0 Å². The molecule has 1 rings (SSSR count). The number of benzene rings is 1. The van der Waals surface area contributed by atoms with Crippen molar-refractivity contribution in [3.8, 4) is 0 Å². The van der Waals surface area contributed by atoms with Crippen LogP contribution >= 0.6 is 0 Å². The number of isocyanates is 1. The van der Waals surface area contributed by atoms with E-state index in [4.69, 9.17) is 0 Å². The maximum atomic E-state index is 9.68. The molecular formula is C8H8FNO. The Morgan fingerprint density at radius 1 is 1.27 bits per heavy atom. The van der Waals surface area contributed by atoms with E-state index in [1.165, 1.54) is 6.08 Å².